The SMILES string of the molecule is COc1cccc(-c2ncc(CN3CCc4nc(C5CCCCC5)[nH]c(=O)c4C3)s2)c1. The molecule has 2 aliphatic rings. The first-order valence-corrected chi connectivity index (χ1v) is 11.9. The molecule has 0 spiro atoms. The van der Waals surface area contributed by atoms with Crippen LogP contribution in [0.1, 0.15) is 60.0 Å². The van der Waals surface area contributed by atoms with Crippen LogP contribution in [-0.2, 0) is 19.5 Å². The summed E-state index contributed by atoms with van der Waals surface area (Å²) in [5.74, 6) is 2.18. The molecule has 7 heteroatoms. The molecule has 0 atom stereocenters. The van der Waals surface area contributed by atoms with Gasteiger partial charge in [0.05, 0.1) is 18.4 Å². The summed E-state index contributed by atoms with van der Waals surface area (Å²) in [5.41, 5.74) is 2.96. The van der Waals surface area contributed by atoms with Gasteiger partial charge in [-0.3, -0.25) is 9.69 Å². The van der Waals surface area contributed by atoms with Crippen LogP contribution >= 0.6 is 11.3 Å². The first kappa shape index (κ1) is 20.4. The van der Waals surface area contributed by atoms with E-state index in [2.05, 4.69) is 20.9 Å². The molecule has 0 unspecified atom stereocenters. The van der Waals surface area contributed by atoms with E-state index in [0.29, 0.717) is 12.5 Å². The Bertz CT molecular complexity index is 1120. The van der Waals surface area contributed by atoms with Gasteiger partial charge >= 0.3 is 0 Å². The fourth-order valence-corrected chi connectivity index (χ4v) is 5.65. The van der Waals surface area contributed by atoms with Gasteiger partial charge in [0.15, 0.2) is 0 Å². The van der Waals surface area contributed by atoms with E-state index in [4.69, 9.17) is 9.72 Å². The molecule has 1 aliphatic heterocycles. The fourth-order valence-electron chi connectivity index (χ4n) is 4.70. The quantitative estimate of drug-likeness (QED) is 0.637. The number of methoxy groups -OCH3 is 1. The van der Waals surface area contributed by atoms with Gasteiger partial charge in [-0.25, -0.2) is 9.97 Å². The summed E-state index contributed by atoms with van der Waals surface area (Å²) >= 11 is 1.70. The minimum absolute atomic E-state index is 0.0525. The van der Waals surface area contributed by atoms with Crippen LogP contribution in [-0.4, -0.2) is 33.5 Å². The van der Waals surface area contributed by atoms with Crippen molar-refractivity contribution in [3.8, 4) is 16.3 Å². The van der Waals surface area contributed by atoms with Crippen molar-refractivity contribution in [2.45, 2.75) is 57.5 Å². The van der Waals surface area contributed by atoms with E-state index in [-0.39, 0.29) is 5.56 Å². The molecular formula is C24H28N4O2S. The molecule has 0 radical (unpaired) electrons. The minimum atomic E-state index is 0.0525. The average Bonchev–Trinajstić information content (AvgIpc) is 3.28. The number of hydrogen-bond donors (Lipinski definition) is 1. The van der Waals surface area contributed by atoms with Gasteiger partial charge in [0.25, 0.3) is 5.56 Å². The molecule has 1 N–H and O–H groups in total. The van der Waals surface area contributed by atoms with E-state index in [1.807, 2.05) is 24.4 Å². The molecule has 1 saturated carbocycles. The number of benzene rings is 1. The molecule has 2 aromatic heterocycles. The van der Waals surface area contributed by atoms with Crippen LogP contribution in [0.15, 0.2) is 35.3 Å². The number of fused-ring (bicyclic) bond motifs is 1. The largest absolute Gasteiger partial charge is 0.497 e. The maximum atomic E-state index is 12.8. The average molecular weight is 437 g/mol. The van der Waals surface area contributed by atoms with Crippen LogP contribution in [0.25, 0.3) is 10.6 Å². The molecule has 1 fully saturated rings. The maximum absolute atomic E-state index is 12.8. The zero-order valence-electron chi connectivity index (χ0n) is 17.9. The predicted octanol–water partition coefficient (Wildman–Crippen LogP) is 4.51. The van der Waals surface area contributed by atoms with Gasteiger partial charge in [-0.1, -0.05) is 31.4 Å². The third-order valence-corrected chi connectivity index (χ3v) is 7.44. The second-order valence-electron chi connectivity index (χ2n) is 8.54. The summed E-state index contributed by atoms with van der Waals surface area (Å²) in [6.07, 6.45) is 8.86. The van der Waals surface area contributed by atoms with Crippen molar-refractivity contribution < 1.29 is 4.74 Å². The summed E-state index contributed by atoms with van der Waals surface area (Å²) < 4.78 is 5.33. The molecule has 0 bridgehead atoms. The maximum Gasteiger partial charge on any atom is 0.255 e. The van der Waals surface area contributed by atoms with Gasteiger partial charge in [0.2, 0.25) is 0 Å². The van der Waals surface area contributed by atoms with Crippen LogP contribution in [0.5, 0.6) is 5.75 Å². The fraction of sp³-hybridized carbons (Fsp3) is 0.458. The van der Waals surface area contributed by atoms with Gasteiger partial charge in [-0.15, -0.1) is 11.3 Å². The number of thiazole rings is 1. The van der Waals surface area contributed by atoms with Crippen LogP contribution < -0.4 is 10.3 Å². The van der Waals surface area contributed by atoms with Crippen LogP contribution in [0.2, 0.25) is 0 Å². The topological polar surface area (TPSA) is 71.1 Å². The molecular weight excluding hydrogens is 408 g/mol. The Hall–Kier alpha value is -2.51. The Balaban J connectivity index is 1.29. The predicted molar refractivity (Wildman–Crippen MR) is 123 cm³/mol. The van der Waals surface area contributed by atoms with Gasteiger partial charge in [-0.2, -0.15) is 0 Å². The summed E-state index contributed by atoms with van der Waals surface area (Å²) in [4.78, 5) is 29.0. The molecule has 0 amide bonds. The number of rotatable bonds is 5. The minimum Gasteiger partial charge on any atom is -0.497 e. The zero-order valence-corrected chi connectivity index (χ0v) is 18.7. The van der Waals surface area contributed by atoms with E-state index in [1.54, 1.807) is 18.4 Å². The second-order valence-corrected chi connectivity index (χ2v) is 9.65. The number of nitrogens with zero attached hydrogens (tertiary/aromatic N) is 3. The van der Waals surface area contributed by atoms with E-state index in [1.165, 1.54) is 24.1 Å². The number of nitrogens with one attached hydrogen (secondary N) is 1. The molecule has 3 heterocycles. The second kappa shape index (κ2) is 8.93. The Kier molecular flexibility index (Phi) is 5.87. The Morgan fingerprint density at radius 2 is 2.13 bits per heavy atom. The first-order chi connectivity index (χ1) is 15.2. The highest BCUT2D eigenvalue weighted by Crippen LogP contribution is 2.32. The lowest BCUT2D eigenvalue weighted by Crippen LogP contribution is -2.36. The number of ether oxygens (including phenoxy) is 1. The molecule has 0 saturated heterocycles. The van der Waals surface area contributed by atoms with Crippen LogP contribution in [0.4, 0.5) is 0 Å². The highest BCUT2D eigenvalue weighted by molar-refractivity contribution is 7.15. The summed E-state index contributed by atoms with van der Waals surface area (Å²) in [6.45, 7) is 2.36. The standard InChI is InChI=1S/C24H28N4O2S/c1-30-18-9-5-8-17(12-18)24-25-13-19(31-24)14-28-11-10-21-20(15-28)23(29)27-22(26-21)16-6-3-2-4-7-16/h5,8-9,12-13,16H,2-4,6-7,10-11,14-15H2,1H3,(H,26,27,29). The van der Waals surface area contributed by atoms with Gasteiger partial charge in [0.1, 0.15) is 16.6 Å². The van der Waals surface area contributed by atoms with E-state index in [9.17, 15) is 4.79 Å². The molecule has 31 heavy (non-hydrogen) atoms. The lowest BCUT2D eigenvalue weighted by Gasteiger charge is -2.28. The van der Waals surface area contributed by atoms with E-state index < -0.39 is 0 Å². The highest BCUT2D eigenvalue weighted by Gasteiger charge is 2.25. The van der Waals surface area contributed by atoms with Gasteiger partial charge in [0, 0.05) is 48.6 Å². The Labute approximate surface area is 186 Å². The van der Waals surface area contributed by atoms with Crippen molar-refractivity contribution >= 4 is 11.3 Å². The Morgan fingerprint density at radius 1 is 1.26 bits per heavy atom. The van der Waals surface area contributed by atoms with E-state index >= 15 is 0 Å². The smallest absolute Gasteiger partial charge is 0.255 e. The van der Waals surface area contributed by atoms with E-state index in [0.717, 1.165) is 65.8 Å². The zero-order chi connectivity index (χ0) is 21.2. The van der Waals surface area contributed by atoms with Crippen molar-refractivity contribution in [1.82, 2.24) is 19.9 Å². The number of H-pyrrole nitrogens is 1. The monoisotopic (exact) mass is 436 g/mol. The Morgan fingerprint density at radius 3 is 2.97 bits per heavy atom. The third kappa shape index (κ3) is 4.43. The van der Waals surface area contributed by atoms with Crippen molar-refractivity contribution in [2.75, 3.05) is 13.7 Å². The highest BCUT2D eigenvalue weighted by atomic mass is 32.1. The van der Waals surface area contributed by atoms with Crippen LogP contribution in [0, 0.1) is 0 Å². The van der Waals surface area contributed by atoms with Crippen molar-refractivity contribution in [3.05, 3.63) is 62.8 Å². The lowest BCUT2D eigenvalue weighted by atomic mass is 9.88. The first-order valence-electron chi connectivity index (χ1n) is 11.1. The van der Waals surface area contributed by atoms with Gasteiger partial charge < -0.3 is 9.72 Å². The molecule has 162 valence electrons. The number of aromatic nitrogens is 3. The lowest BCUT2D eigenvalue weighted by molar-refractivity contribution is 0.243. The molecule has 1 aromatic carbocycles. The molecule has 5 rings (SSSR count). The normalized spacial score (nSPS) is 17.5. The van der Waals surface area contributed by atoms with Crippen molar-refractivity contribution in [2.24, 2.45) is 0 Å². The number of aromatic amines is 1. The summed E-state index contributed by atoms with van der Waals surface area (Å²) in [6, 6.07) is 7.98. The summed E-state index contributed by atoms with van der Waals surface area (Å²) in [7, 11) is 1.68. The van der Waals surface area contributed by atoms with Crippen molar-refractivity contribution in [3.63, 3.8) is 0 Å². The molecule has 3 aromatic rings. The number of hydrogen-bond acceptors (Lipinski definition) is 6. The molecule has 1 aliphatic carbocycles. The van der Waals surface area contributed by atoms with Gasteiger partial charge in [-0.05, 0) is 25.0 Å². The summed E-state index contributed by atoms with van der Waals surface area (Å²) in [5, 5.41) is 0.989. The van der Waals surface area contributed by atoms with Crippen LogP contribution in [0.3, 0.4) is 0 Å². The van der Waals surface area contributed by atoms with Crippen molar-refractivity contribution in [1.29, 1.82) is 0 Å². The molecule has 6 nitrogen and oxygen atoms in total. The third-order valence-electron chi connectivity index (χ3n) is 6.41.